The van der Waals surface area contributed by atoms with Gasteiger partial charge in [-0.05, 0) is 69.6 Å². The quantitative estimate of drug-likeness (QED) is 0.707. The van der Waals surface area contributed by atoms with Gasteiger partial charge in [-0.15, -0.1) is 0 Å². The van der Waals surface area contributed by atoms with Crippen LogP contribution in [0.4, 0.5) is 0 Å². The SMILES string of the molecule is C.CCC(O)(CC)CO.CCC1(CC)COC2(O1)C1CC3CC(C1)CC2C3. The second kappa shape index (κ2) is 8.69. The molecule has 160 valence electrons. The Balaban J connectivity index is 0.000000252. The molecule has 4 saturated carbocycles. The number of hydrogen-bond acceptors (Lipinski definition) is 4. The molecular weight excluding hydrogens is 340 g/mol. The van der Waals surface area contributed by atoms with Crippen molar-refractivity contribution in [2.45, 2.75) is 110 Å². The minimum Gasteiger partial charge on any atom is -0.393 e. The first-order valence-corrected chi connectivity index (χ1v) is 11.1. The summed E-state index contributed by atoms with van der Waals surface area (Å²) in [4.78, 5) is 0. The van der Waals surface area contributed by atoms with E-state index in [0.29, 0.717) is 24.7 Å². The second-order valence-electron chi connectivity index (χ2n) is 9.40. The van der Waals surface area contributed by atoms with Crippen LogP contribution >= 0.6 is 0 Å². The maximum atomic E-state index is 9.19. The Labute approximate surface area is 167 Å². The Morgan fingerprint density at radius 1 is 0.889 bits per heavy atom. The average Bonchev–Trinajstić information content (AvgIpc) is 3.07. The number of rotatable bonds is 5. The normalized spacial score (nSPS) is 38.4. The van der Waals surface area contributed by atoms with E-state index in [2.05, 4.69) is 13.8 Å². The highest BCUT2D eigenvalue weighted by Gasteiger charge is 2.64. The van der Waals surface area contributed by atoms with Gasteiger partial charge in [0.05, 0.1) is 24.4 Å². The maximum Gasteiger partial charge on any atom is 0.174 e. The van der Waals surface area contributed by atoms with Crippen molar-refractivity contribution < 1.29 is 19.7 Å². The second-order valence-corrected chi connectivity index (χ2v) is 9.40. The molecule has 4 heteroatoms. The molecule has 4 bridgehead atoms. The average molecular weight is 385 g/mol. The summed E-state index contributed by atoms with van der Waals surface area (Å²) in [6, 6.07) is 0. The highest BCUT2D eigenvalue weighted by molar-refractivity contribution is 5.07. The van der Waals surface area contributed by atoms with Crippen molar-refractivity contribution in [2.24, 2.45) is 23.7 Å². The molecule has 0 aromatic rings. The zero-order valence-corrected chi connectivity index (χ0v) is 17.3. The summed E-state index contributed by atoms with van der Waals surface area (Å²) in [6.07, 6.45) is 10.4. The van der Waals surface area contributed by atoms with Crippen molar-refractivity contribution in [3.63, 3.8) is 0 Å². The van der Waals surface area contributed by atoms with E-state index in [0.717, 1.165) is 31.3 Å². The van der Waals surface area contributed by atoms with E-state index >= 15 is 0 Å². The summed E-state index contributed by atoms with van der Waals surface area (Å²) in [6.45, 7) is 8.94. The van der Waals surface area contributed by atoms with Crippen molar-refractivity contribution in [3.8, 4) is 0 Å². The van der Waals surface area contributed by atoms with Gasteiger partial charge in [-0.25, -0.2) is 0 Å². The van der Waals surface area contributed by atoms with Gasteiger partial charge in [0, 0.05) is 11.8 Å². The summed E-state index contributed by atoms with van der Waals surface area (Å²) in [5.41, 5.74) is -0.796. The minimum absolute atomic E-state index is 0. The van der Waals surface area contributed by atoms with Crippen molar-refractivity contribution in [1.82, 2.24) is 0 Å². The molecule has 0 radical (unpaired) electrons. The van der Waals surface area contributed by atoms with Crippen LogP contribution in [0.1, 0.15) is 92.9 Å². The number of ether oxygens (including phenoxy) is 2. The molecule has 0 aromatic heterocycles. The first kappa shape index (κ1) is 23.1. The summed E-state index contributed by atoms with van der Waals surface area (Å²) >= 11 is 0. The number of aliphatic hydroxyl groups excluding tert-OH is 1. The maximum absolute atomic E-state index is 9.19. The lowest BCUT2D eigenvalue weighted by Gasteiger charge is -2.58. The Morgan fingerprint density at radius 3 is 1.67 bits per heavy atom. The zero-order chi connectivity index (χ0) is 19.0. The first-order chi connectivity index (χ1) is 12.4. The van der Waals surface area contributed by atoms with E-state index in [1.54, 1.807) is 0 Å². The van der Waals surface area contributed by atoms with Crippen LogP contribution < -0.4 is 0 Å². The van der Waals surface area contributed by atoms with Gasteiger partial charge < -0.3 is 19.7 Å². The molecule has 5 aliphatic rings. The highest BCUT2D eigenvalue weighted by atomic mass is 16.8. The molecule has 1 heterocycles. The molecule has 0 unspecified atom stereocenters. The minimum atomic E-state index is -0.819. The summed E-state index contributed by atoms with van der Waals surface area (Å²) < 4.78 is 13.1. The molecule has 0 aromatic carbocycles. The first-order valence-electron chi connectivity index (χ1n) is 11.1. The third kappa shape index (κ3) is 4.10. The Morgan fingerprint density at radius 2 is 1.37 bits per heavy atom. The zero-order valence-electron chi connectivity index (χ0n) is 17.3. The van der Waals surface area contributed by atoms with E-state index in [-0.39, 0.29) is 25.4 Å². The lowest BCUT2D eigenvalue weighted by molar-refractivity contribution is -0.304. The van der Waals surface area contributed by atoms with Crippen molar-refractivity contribution >= 4 is 0 Å². The Hall–Kier alpha value is -0.160. The molecule has 1 saturated heterocycles. The third-order valence-electron chi connectivity index (χ3n) is 8.11. The topological polar surface area (TPSA) is 58.9 Å². The van der Waals surface area contributed by atoms with E-state index in [1.807, 2.05) is 13.8 Å². The van der Waals surface area contributed by atoms with Crippen molar-refractivity contribution in [1.29, 1.82) is 0 Å². The van der Waals surface area contributed by atoms with Crippen LogP contribution in [0.2, 0.25) is 0 Å². The molecule has 2 N–H and O–H groups in total. The molecule has 1 spiro atoms. The largest absolute Gasteiger partial charge is 0.393 e. The molecule has 4 nitrogen and oxygen atoms in total. The van der Waals surface area contributed by atoms with E-state index in [1.165, 1.54) is 32.1 Å². The Bertz CT molecular complexity index is 431. The molecule has 4 aliphatic carbocycles. The molecule has 5 fully saturated rings. The summed E-state index contributed by atoms with van der Waals surface area (Å²) in [7, 11) is 0. The van der Waals surface area contributed by atoms with Gasteiger partial charge >= 0.3 is 0 Å². The fourth-order valence-corrected chi connectivity index (χ4v) is 5.96. The molecule has 27 heavy (non-hydrogen) atoms. The predicted molar refractivity (Wildman–Crippen MR) is 109 cm³/mol. The number of aliphatic hydroxyl groups is 2. The summed E-state index contributed by atoms with van der Waals surface area (Å²) in [5, 5.41) is 17.7. The molecular formula is C23H44O4. The van der Waals surface area contributed by atoms with Crippen LogP contribution in [-0.4, -0.2) is 40.4 Å². The van der Waals surface area contributed by atoms with Crippen LogP contribution in [0.5, 0.6) is 0 Å². The van der Waals surface area contributed by atoms with Gasteiger partial charge in [0.15, 0.2) is 5.79 Å². The molecule has 0 atom stereocenters. The van der Waals surface area contributed by atoms with Gasteiger partial charge in [-0.3, -0.25) is 0 Å². The molecule has 5 rings (SSSR count). The highest BCUT2D eigenvalue weighted by Crippen LogP contribution is 2.62. The van der Waals surface area contributed by atoms with E-state index in [4.69, 9.17) is 14.6 Å². The third-order valence-corrected chi connectivity index (χ3v) is 8.11. The van der Waals surface area contributed by atoms with Crippen molar-refractivity contribution in [2.75, 3.05) is 13.2 Å². The number of hydrogen-bond donors (Lipinski definition) is 2. The lowest BCUT2D eigenvalue weighted by Crippen LogP contribution is -2.59. The van der Waals surface area contributed by atoms with Gasteiger partial charge in [0.2, 0.25) is 0 Å². The summed E-state index contributed by atoms with van der Waals surface area (Å²) in [5.74, 6) is 3.22. The van der Waals surface area contributed by atoms with Crippen LogP contribution in [0, 0.1) is 23.7 Å². The van der Waals surface area contributed by atoms with Crippen LogP contribution in [0.25, 0.3) is 0 Å². The van der Waals surface area contributed by atoms with Gasteiger partial charge in [0.25, 0.3) is 0 Å². The van der Waals surface area contributed by atoms with Gasteiger partial charge in [-0.1, -0.05) is 35.1 Å². The van der Waals surface area contributed by atoms with Gasteiger partial charge in [-0.2, -0.15) is 0 Å². The van der Waals surface area contributed by atoms with Gasteiger partial charge in [0.1, 0.15) is 0 Å². The smallest absolute Gasteiger partial charge is 0.174 e. The van der Waals surface area contributed by atoms with E-state index in [9.17, 15) is 5.11 Å². The van der Waals surface area contributed by atoms with Crippen molar-refractivity contribution in [3.05, 3.63) is 0 Å². The monoisotopic (exact) mass is 384 g/mol. The van der Waals surface area contributed by atoms with E-state index < -0.39 is 5.60 Å². The fraction of sp³-hybridized carbons (Fsp3) is 1.00. The molecule has 0 amide bonds. The fourth-order valence-electron chi connectivity index (χ4n) is 5.96. The standard InChI is InChI=1S/C16H26O2.C6H14O2.CH4/c1-3-15(4-2)10-17-16(18-15)13-6-11-5-12(8-13)9-14(16)7-11;1-3-6(8,4-2)5-7;/h11-14H,3-10H2,1-2H3;7-8H,3-5H2,1-2H3;1H4. The van der Waals surface area contributed by atoms with Crippen LogP contribution in [-0.2, 0) is 9.47 Å². The molecule has 1 aliphatic heterocycles. The Kier molecular flexibility index (Phi) is 7.44. The lowest BCUT2D eigenvalue weighted by atomic mass is 9.53. The predicted octanol–water partition coefficient (Wildman–Crippen LogP) is 4.91. The van der Waals surface area contributed by atoms with Crippen LogP contribution in [0.15, 0.2) is 0 Å². The van der Waals surface area contributed by atoms with Crippen LogP contribution in [0.3, 0.4) is 0 Å².